The molecule has 23 heavy (non-hydrogen) atoms. The Morgan fingerprint density at radius 1 is 1.39 bits per heavy atom. The number of rotatable bonds is 5. The fraction of sp³-hybridized carbons (Fsp3) is 0.357. The molecule has 2 rings (SSSR count). The molecule has 0 fully saturated rings. The van der Waals surface area contributed by atoms with Crippen LogP contribution in [0.5, 0.6) is 0 Å². The average Bonchev–Trinajstić information content (AvgIpc) is 2.83. The maximum absolute atomic E-state index is 13.1. The zero-order chi connectivity index (χ0) is 17.2. The maximum Gasteiger partial charge on any atom is 0.431 e. The van der Waals surface area contributed by atoms with E-state index in [0.29, 0.717) is 0 Å². The van der Waals surface area contributed by atoms with E-state index in [-0.39, 0.29) is 41.6 Å². The van der Waals surface area contributed by atoms with Crippen LogP contribution < -0.4 is 0 Å². The number of nitro groups is 1. The van der Waals surface area contributed by atoms with Gasteiger partial charge in [0.05, 0.1) is 11.5 Å². The van der Waals surface area contributed by atoms with Crippen LogP contribution in [0.4, 0.5) is 18.9 Å². The average molecular weight is 330 g/mol. The van der Waals surface area contributed by atoms with Gasteiger partial charge in [0.25, 0.3) is 5.69 Å². The Bertz CT molecular complexity index is 752. The number of hydrogen-bond acceptors (Lipinski definition) is 4. The highest BCUT2D eigenvalue weighted by Gasteiger charge is 2.36. The van der Waals surface area contributed by atoms with E-state index >= 15 is 0 Å². The fourth-order valence-corrected chi connectivity index (χ4v) is 2.31. The van der Waals surface area contributed by atoms with Crippen molar-refractivity contribution in [3.05, 3.63) is 39.6 Å². The highest BCUT2D eigenvalue weighted by atomic mass is 19.4. The van der Waals surface area contributed by atoms with Crippen molar-refractivity contribution in [1.29, 1.82) is 0 Å². The Labute approximate surface area is 128 Å². The van der Waals surface area contributed by atoms with E-state index in [2.05, 4.69) is 4.98 Å². The molecule has 0 unspecified atom stereocenters. The van der Waals surface area contributed by atoms with Crippen molar-refractivity contribution < 1.29 is 27.6 Å². The van der Waals surface area contributed by atoms with Crippen LogP contribution in [0.15, 0.2) is 18.2 Å². The summed E-state index contributed by atoms with van der Waals surface area (Å²) in [5.74, 6) is -0.625. The fourth-order valence-electron chi connectivity index (χ4n) is 2.31. The number of alkyl halides is 3. The molecule has 0 radical (unpaired) electrons. The molecule has 0 saturated heterocycles. The van der Waals surface area contributed by atoms with Crippen LogP contribution in [-0.4, -0.2) is 22.5 Å². The molecule has 1 aromatic heterocycles. The van der Waals surface area contributed by atoms with Crippen LogP contribution in [0.1, 0.15) is 24.6 Å². The zero-order valence-electron chi connectivity index (χ0n) is 12.1. The largest absolute Gasteiger partial charge is 0.466 e. The molecule has 0 bridgehead atoms. The third-order valence-electron chi connectivity index (χ3n) is 3.27. The number of aromatic nitrogens is 1. The lowest BCUT2D eigenvalue weighted by Crippen LogP contribution is -2.11. The summed E-state index contributed by atoms with van der Waals surface area (Å²) < 4.78 is 44.1. The quantitative estimate of drug-likeness (QED) is 0.516. The van der Waals surface area contributed by atoms with Gasteiger partial charge in [-0.05, 0) is 25.0 Å². The van der Waals surface area contributed by atoms with Crippen molar-refractivity contribution in [2.24, 2.45) is 0 Å². The molecule has 0 atom stereocenters. The predicted molar refractivity (Wildman–Crippen MR) is 74.9 cm³/mol. The van der Waals surface area contributed by atoms with Gasteiger partial charge in [0, 0.05) is 29.5 Å². The van der Waals surface area contributed by atoms with Crippen molar-refractivity contribution >= 4 is 22.6 Å². The van der Waals surface area contributed by atoms with Gasteiger partial charge in [-0.1, -0.05) is 0 Å². The van der Waals surface area contributed by atoms with Gasteiger partial charge >= 0.3 is 12.1 Å². The van der Waals surface area contributed by atoms with E-state index in [1.807, 2.05) is 0 Å². The smallest absolute Gasteiger partial charge is 0.431 e. The second-order valence-corrected chi connectivity index (χ2v) is 4.77. The number of nitrogens with one attached hydrogen (secondary N) is 1. The van der Waals surface area contributed by atoms with Crippen molar-refractivity contribution in [3.8, 4) is 0 Å². The van der Waals surface area contributed by atoms with E-state index in [0.717, 1.165) is 12.1 Å². The second kappa shape index (κ2) is 6.27. The van der Waals surface area contributed by atoms with Gasteiger partial charge in [-0.15, -0.1) is 0 Å². The monoisotopic (exact) mass is 330 g/mol. The Balaban J connectivity index is 2.49. The Hall–Kier alpha value is -2.58. The molecule has 6 nitrogen and oxygen atoms in total. The van der Waals surface area contributed by atoms with Crippen LogP contribution in [0, 0.1) is 10.1 Å². The van der Waals surface area contributed by atoms with E-state index < -0.39 is 22.8 Å². The maximum atomic E-state index is 13.1. The van der Waals surface area contributed by atoms with Crippen molar-refractivity contribution in [1.82, 2.24) is 4.98 Å². The topological polar surface area (TPSA) is 85.2 Å². The molecule has 0 aliphatic heterocycles. The minimum atomic E-state index is -4.65. The summed E-state index contributed by atoms with van der Waals surface area (Å²) in [4.78, 5) is 23.7. The van der Waals surface area contributed by atoms with Crippen LogP contribution in [0.3, 0.4) is 0 Å². The first kappa shape index (κ1) is 16.8. The van der Waals surface area contributed by atoms with E-state index in [1.54, 1.807) is 6.92 Å². The number of aromatic amines is 1. The predicted octanol–water partition coefficient (Wildman–Crippen LogP) is 3.59. The van der Waals surface area contributed by atoms with Gasteiger partial charge in [0.1, 0.15) is 5.69 Å². The number of non-ortho nitro benzene ring substituents is 1. The number of nitrogens with zero attached hydrogens (tertiary/aromatic N) is 1. The van der Waals surface area contributed by atoms with Gasteiger partial charge < -0.3 is 9.72 Å². The van der Waals surface area contributed by atoms with E-state index in [1.165, 1.54) is 6.07 Å². The van der Waals surface area contributed by atoms with Gasteiger partial charge in [-0.2, -0.15) is 13.2 Å². The van der Waals surface area contributed by atoms with Gasteiger partial charge in [0.2, 0.25) is 0 Å². The summed E-state index contributed by atoms with van der Waals surface area (Å²) in [7, 11) is 0. The molecular weight excluding hydrogens is 317 g/mol. The SMILES string of the molecule is CCOC(=O)CCc1c(C(F)(F)F)[nH]c2ccc([N+](=O)[O-])cc12. The number of benzene rings is 1. The molecule has 1 heterocycles. The highest BCUT2D eigenvalue weighted by molar-refractivity contribution is 5.87. The number of carbonyl (C=O) groups is 1. The molecular formula is C14H13F3N2O4. The van der Waals surface area contributed by atoms with Crippen LogP contribution in [0.25, 0.3) is 10.9 Å². The number of carbonyl (C=O) groups excluding carboxylic acids is 1. The van der Waals surface area contributed by atoms with Crippen LogP contribution in [0.2, 0.25) is 0 Å². The van der Waals surface area contributed by atoms with E-state index in [4.69, 9.17) is 4.74 Å². The number of aryl methyl sites for hydroxylation is 1. The van der Waals surface area contributed by atoms with Crippen LogP contribution in [-0.2, 0) is 22.1 Å². The Morgan fingerprint density at radius 3 is 2.65 bits per heavy atom. The van der Waals surface area contributed by atoms with Crippen molar-refractivity contribution in [3.63, 3.8) is 0 Å². The summed E-state index contributed by atoms with van der Waals surface area (Å²) in [5.41, 5.74) is -1.37. The summed E-state index contributed by atoms with van der Waals surface area (Å²) in [6.45, 7) is 1.72. The molecule has 1 N–H and O–H groups in total. The normalized spacial score (nSPS) is 11.7. The van der Waals surface area contributed by atoms with Gasteiger partial charge in [0.15, 0.2) is 0 Å². The summed E-state index contributed by atoms with van der Waals surface area (Å²) in [5, 5.41) is 10.9. The second-order valence-electron chi connectivity index (χ2n) is 4.77. The Morgan fingerprint density at radius 2 is 2.09 bits per heavy atom. The lowest BCUT2D eigenvalue weighted by atomic mass is 10.0. The number of H-pyrrole nitrogens is 1. The Kier molecular flexibility index (Phi) is 4.57. The molecule has 0 aliphatic carbocycles. The summed E-state index contributed by atoms with van der Waals surface area (Å²) >= 11 is 0. The van der Waals surface area contributed by atoms with Crippen molar-refractivity contribution in [2.45, 2.75) is 25.9 Å². The molecule has 0 aliphatic rings. The minimum absolute atomic E-state index is 0.0795. The highest BCUT2D eigenvalue weighted by Crippen LogP contribution is 2.37. The molecule has 1 aromatic carbocycles. The van der Waals surface area contributed by atoms with Gasteiger partial charge in [-0.3, -0.25) is 14.9 Å². The molecule has 0 amide bonds. The third kappa shape index (κ3) is 3.61. The minimum Gasteiger partial charge on any atom is -0.466 e. The molecule has 124 valence electrons. The van der Waals surface area contributed by atoms with Crippen molar-refractivity contribution in [2.75, 3.05) is 6.61 Å². The molecule has 2 aromatic rings. The zero-order valence-corrected chi connectivity index (χ0v) is 12.1. The molecule has 9 heteroatoms. The number of nitro benzene ring substituents is 1. The first-order valence-corrected chi connectivity index (χ1v) is 6.75. The number of fused-ring (bicyclic) bond motifs is 1. The summed E-state index contributed by atoms with van der Waals surface area (Å²) in [6, 6.07) is 3.41. The molecule has 0 saturated carbocycles. The van der Waals surface area contributed by atoms with Crippen LogP contribution >= 0.6 is 0 Å². The summed E-state index contributed by atoms with van der Waals surface area (Å²) in [6.07, 6.45) is -5.13. The number of halogens is 3. The first-order chi connectivity index (χ1) is 10.7. The number of esters is 1. The van der Waals surface area contributed by atoms with E-state index in [9.17, 15) is 28.1 Å². The lowest BCUT2D eigenvalue weighted by Gasteiger charge is -2.08. The first-order valence-electron chi connectivity index (χ1n) is 6.75. The lowest BCUT2D eigenvalue weighted by molar-refractivity contribution is -0.384. The molecule has 0 spiro atoms. The van der Waals surface area contributed by atoms with Gasteiger partial charge in [-0.25, -0.2) is 0 Å². The standard InChI is InChI=1S/C14H13F3N2O4/c1-2-23-12(20)6-4-9-10-7-8(19(21)22)3-5-11(10)18-13(9)14(15,16)17/h3,5,7,18H,2,4,6H2,1H3. The number of ether oxygens (including phenoxy) is 1. The number of hydrogen-bond donors (Lipinski definition) is 1. The third-order valence-corrected chi connectivity index (χ3v) is 3.27.